The van der Waals surface area contributed by atoms with E-state index in [1.807, 2.05) is 29.2 Å². The van der Waals surface area contributed by atoms with E-state index >= 15 is 0 Å². The van der Waals surface area contributed by atoms with Crippen molar-refractivity contribution in [3.8, 4) is 5.75 Å². The molecule has 1 atom stereocenters. The number of piperidine rings is 1. The normalized spacial score (nSPS) is 22.0. The van der Waals surface area contributed by atoms with Gasteiger partial charge in [-0.15, -0.1) is 0 Å². The van der Waals surface area contributed by atoms with Crippen molar-refractivity contribution in [3.63, 3.8) is 0 Å². The van der Waals surface area contributed by atoms with Gasteiger partial charge in [0.15, 0.2) is 0 Å². The van der Waals surface area contributed by atoms with Crippen LogP contribution in [0, 0.1) is 5.92 Å². The first-order chi connectivity index (χ1) is 11.6. The lowest BCUT2D eigenvalue weighted by molar-refractivity contribution is -0.137. The number of hydrogen-bond donors (Lipinski definition) is 1. The lowest BCUT2D eigenvalue weighted by atomic mass is 9.89. The predicted molar refractivity (Wildman–Crippen MR) is 90.1 cm³/mol. The van der Waals surface area contributed by atoms with E-state index in [1.54, 1.807) is 7.11 Å². The maximum atomic E-state index is 13.2. The van der Waals surface area contributed by atoms with Crippen molar-refractivity contribution in [1.29, 1.82) is 0 Å². The van der Waals surface area contributed by atoms with Gasteiger partial charge in [0, 0.05) is 25.1 Å². The summed E-state index contributed by atoms with van der Waals surface area (Å²) in [5, 5.41) is 8.87. The van der Waals surface area contributed by atoms with Crippen LogP contribution in [0.2, 0.25) is 0 Å². The summed E-state index contributed by atoms with van der Waals surface area (Å²) >= 11 is 0. The second kappa shape index (κ2) is 6.83. The predicted octanol–water partition coefficient (Wildman–Crippen LogP) is 2.83. The number of benzene rings is 1. The number of nitrogens with zero attached hydrogens (tertiary/aromatic N) is 1. The molecular formula is C19H25NO4. The monoisotopic (exact) mass is 331 g/mol. The van der Waals surface area contributed by atoms with Crippen LogP contribution in [0.1, 0.15) is 44.1 Å². The minimum atomic E-state index is -0.758. The molecule has 0 radical (unpaired) electrons. The molecule has 5 heteroatoms. The summed E-state index contributed by atoms with van der Waals surface area (Å²) in [6.45, 7) is 1.46. The molecule has 1 saturated carbocycles. The van der Waals surface area contributed by atoms with Gasteiger partial charge in [-0.05, 0) is 44.1 Å². The highest BCUT2D eigenvalue weighted by molar-refractivity contribution is 5.92. The van der Waals surface area contributed by atoms with Crippen molar-refractivity contribution in [2.45, 2.75) is 43.9 Å². The first kappa shape index (κ1) is 16.8. The van der Waals surface area contributed by atoms with Crippen LogP contribution in [0.3, 0.4) is 0 Å². The number of carbonyl (C=O) groups excluding carboxylic acids is 1. The molecule has 24 heavy (non-hydrogen) atoms. The van der Waals surface area contributed by atoms with Crippen molar-refractivity contribution in [3.05, 3.63) is 29.8 Å². The Morgan fingerprint density at radius 2 is 2.08 bits per heavy atom. The van der Waals surface area contributed by atoms with Crippen LogP contribution in [0.4, 0.5) is 0 Å². The van der Waals surface area contributed by atoms with Crippen molar-refractivity contribution < 1.29 is 19.4 Å². The van der Waals surface area contributed by atoms with Crippen molar-refractivity contribution in [1.82, 2.24) is 4.90 Å². The van der Waals surface area contributed by atoms with Gasteiger partial charge in [-0.3, -0.25) is 9.59 Å². The summed E-state index contributed by atoms with van der Waals surface area (Å²) in [6.07, 6.45) is 4.53. The lowest BCUT2D eigenvalue weighted by Crippen LogP contribution is -2.45. The quantitative estimate of drug-likeness (QED) is 0.870. The molecular weight excluding hydrogens is 306 g/mol. The van der Waals surface area contributed by atoms with Gasteiger partial charge in [0.2, 0.25) is 5.91 Å². The van der Waals surface area contributed by atoms with Gasteiger partial charge in [-0.1, -0.05) is 18.2 Å². The summed E-state index contributed by atoms with van der Waals surface area (Å²) in [5.74, 6) is 0.508. The highest BCUT2D eigenvalue weighted by atomic mass is 16.5. The third-order valence-corrected chi connectivity index (χ3v) is 5.35. The van der Waals surface area contributed by atoms with Gasteiger partial charge in [-0.2, -0.15) is 0 Å². The van der Waals surface area contributed by atoms with E-state index in [0.29, 0.717) is 18.9 Å². The molecule has 1 N–H and O–H groups in total. The highest BCUT2D eigenvalue weighted by Gasteiger charge is 2.54. The number of rotatable bonds is 6. The summed E-state index contributed by atoms with van der Waals surface area (Å²) in [5.41, 5.74) is 0.562. The number of carboxylic acid groups (broad SMARTS) is 1. The van der Waals surface area contributed by atoms with Crippen LogP contribution in [-0.2, 0) is 15.0 Å². The van der Waals surface area contributed by atoms with Gasteiger partial charge in [0.25, 0.3) is 0 Å². The van der Waals surface area contributed by atoms with Gasteiger partial charge < -0.3 is 14.7 Å². The van der Waals surface area contributed by atoms with Crippen LogP contribution in [0.25, 0.3) is 0 Å². The molecule has 3 rings (SSSR count). The van der Waals surface area contributed by atoms with Crippen LogP contribution in [0.15, 0.2) is 24.3 Å². The number of carboxylic acids is 1. The molecule has 1 heterocycles. The molecule has 1 aromatic carbocycles. The first-order valence-corrected chi connectivity index (χ1v) is 8.71. The van der Waals surface area contributed by atoms with E-state index in [-0.39, 0.29) is 12.3 Å². The molecule has 1 saturated heterocycles. The number of amides is 1. The van der Waals surface area contributed by atoms with Crippen LogP contribution in [-0.4, -0.2) is 42.1 Å². The zero-order valence-electron chi connectivity index (χ0n) is 14.2. The number of carbonyl (C=O) groups is 2. The van der Waals surface area contributed by atoms with Crippen LogP contribution in [0.5, 0.6) is 5.75 Å². The summed E-state index contributed by atoms with van der Waals surface area (Å²) < 4.78 is 5.46. The smallest absolute Gasteiger partial charge is 0.303 e. The zero-order valence-corrected chi connectivity index (χ0v) is 14.2. The van der Waals surface area contributed by atoms with E-state index < -0.39 is 11.4 Å². The van der Waals surface area contributed by atoms with E-state index in [4.69, 9.17) is 9.84 Å². The van der Waals surface area contributed by atoms with Crippen molar-refractivity contribution in [2.24, 2.45) is 5.92 Å². The van der Waals surface area contributed by atoms with E-state index in [9.17, 15) is 9.59 Å². The molecule has 1 aliphatic heterocycles. The summed E-state index contributed by atoms with van der Waals surface area (Å²) in [4.78, 5) is 25.9. The maximum Gasteiger partial charge on any atom is 0.303 e. The van der Waals surface area contributed by atoms with Crippen molar-refractivity contribution >= 4 is 11.9 Å². The average Bonchev–Trinajstić information content (AvgIpc) is 3.41. The molecule has 1 aliphatic carbocycles. The Hall–Kier alpha value is -2.04. The molecule has 5 nitrogen and oxygen atoms in total. The highest BCUT2D eigenvalue weighted by Crippen LogP contribution is 2.52. The van der Waals surface area contributed by atoms with Gasteiger partial charge in [0.1, 0.15) is 5.75 Å². The standard InChI is InChI=1S/C19H25NO4/c1-24-16-7-3-2-6-15(16)19(10-11-19)18(23)20-12-4-5-14(13-20)8-9-17(21)22/h2-3,6-7,14H,4-5,8-13H2,1H3,(H,21,22). The first-order valence-electron chi connectivity index (χ1n) is 8.71. The molecule has 130 valence electrons. The molecule has 0 bridgehead atoms. The van der Waals surface area contributed by atoms with Gasteiger partial charge >= 0.3 is 5.97 Å². The molecule has 1 aromatic rings. The molecule has 0 aromatic heterocycles. The van der Waals surface area contributed by atoms with E-state index in [2.05, 4.69) is 0 Å². The summed E-state index contributed by atoms with van der Waals surface area (Å²) in [6, 6.07) is 7.78. The van der Waals surface area contributed by atoms with Gasteiger partial charge in [0.05, 0.1) is 12.5 Å². The van der Waals surface area contributed by atoms with Gasteiger partial charge in [-0.25, -0.2) is 0 Å². The fourth-order valence-electron chi connectivity index (χ4n) is 3.88. The Bertz CT molecular complexity index is 624. The number of ether oxygens (including phenoxy) is 1. The van der Waals surface area contributed by atoms with Crippen molar-refractivity contribution in [2.75, 3.05) is 20.2 Å². The Kier molecular flexibility index (Phi) is 4.78. The average molecular weight is 331 g/mol. The maximum absolute atomic E-state index is 13.2. The lowest BCUT2D eigenvalue weighted by Gasteiger charge is -2.35. The summed E-state index contributed by atoms with van der Waals surface area (Å²) in [7, 11) is 1.64. The minimum Gasteiger partial charge on any atom is -0.496 e. The number of methoxy groups -OCH3 is 1. The fraction of sp³-hybridized carbons (Fsp3) is 0.579. The number of aliphatic carboxylic acids is 1. The van der Waals surface area contributed by atoms with Crippen LogP contribution >= 0.6 is 0 Å². The number of para-hydroxylation sites is 1. The molecule has 2 aliphatic rings. The second-order valence-electron chi connectivity index (χ2n) is 6.97. The molecule has 1 unspecified atom stereocenters. The Morgan fingerprint density at radius 3 is 2.75 bits per heavy atom. The topological polar surface area (TPSA) is 66.8 Å². The van der Waals surface area contributed by atoms with Crippen LogP contribution < -0.4 is 4.74 Å². The Balaban J connectivity index is 1.72. The number of hydrogen-bond acceptors (Lipinski definition) is 3. The molecule has 0 spiro atoms. The third-order valence-electron chi connectivity index (χ3n) is 5.35. The Morgan fingerprint density at radius 1 is 1.33 bits per heavy atom. The molecule has 1 amide bonds. The second-order valence-corrected chi connectivity index (χ2v) is 6.97. The fourth-order valence-corrected chi connectivity index (χ4v) is 3.88. The zero-order chi connectivity index (χ0) is 17.2. The van der Waals surface area contributed by atoms with E-state index in [0.717, 1.165) is 43.5 Å². The minimum absolute atomic E-state index is 0.185. The van der Waals surface area contributed by atoms with E-state index in [1.165, 1.54) is 0 Å². The SMILES string of the molecule is COc1ccccc1C1(C(=O)N2CCCC(CCC(=O)O)C2)CC1. The third kappa shape index (κ3) is 3.25. The molecule has 2 fully saturated rings. The number of likely N-dealkylation sites (tertiary alicyclic amines) is 1. The largest absolute Gasteiger partial charge is 0.496 e. The Labute approximate surface area is 142 Å².